The van der Waals surface area contributed by atoms with E-state index >= 15 is 0 Å². The molecule has 1 aromatic heterocycles. The molecule has 1 rings (SSSR count). The lowest BCUT2D eigenvalue weighted by Gasteiger charge is -2.13. The fourth-order valence-electron chi connectivity index (χ4n) is 1.64. The van der Waals surface area contributed by atoms with Gasteiger partial charge in [0, 0.05) is 31.6 Å². The van der Waals surface area contributed by atoms with Gasteiger partial charge >= 0.3 is 5.97 Å². The van der Waals surface area contributed by atoms with Crippen LogP contribution in [0.2, 0.25) is 0 Å². The monoisotopic (exact) mass is 416 g/mol. The number of hydrogen-bond donors (Lipinski definition) is 3. The molecule has 1 heterocycles. The van der Waals surface area contributed by atoms with Gasteiger partial charge in [-0.2, -0.15) is 0 Å². The van der Waals surface area contributed by atoms with Gasteiger partial charge < -0.3 is 38.9 Å². The molecule has 0 fully saturated rings. The van der Waals surface area contributed by atoms with Crippen LogP contribution >= 0.6 is 11.8 Å². The number of ketones is 1. The molecule has 0 saturated carbocycles. The third kappa shape index (κ3) is 12.5. The van der Waals surface area contributed by atoms with E-state index in [0.29, 0.717) is 17.2 Å². The summed E-state index contributed by atoms with van der Waals surface area (Å²) in [5.74, 6) is 0.280. The molecule has 0 spiro atoms. The highest BCUT2D eigenvalue weighted by Crippen LogP contribution is 2.17. The lowest BCUT2D eigenvalue weighted by atomic mass is 10.2. The summed E-state index contributed by atoms with van der Waals surface area (Å²) in [5.41, 5.74) is 10.6. The van der Waals surface area contributed by atoms with E-state index in [1.807, 2.05) is 0 Å². The van der Waals surface area contributed by atoms with E-state index in [0.717, 1.165) is 11.8 Å². The molecule has 0 bridgehead atoms. The van der Waals surface area contributed by atoms with E-state index in [-0.39, 0.29) is 30.6 Å². The minimum absolute atomic E-state index is 0.0958. The van der Waals surface area contributed by atoms with Crippen LogP contribution in [0.15, 0.2) is 6.20 Å². The molecule has 5 N–H and O–H groups in total. The summed E-state index contributed by atoms with van der Waals surface area (Å²) in [4.78, 5) is 51.2. The van der Waals surface area contributed by atoms with Crippen molar-refractivity contribution in [3.05, 3.63) is 17.6 Å². The number of rotatable bonds is 7. The molecule has 0 saturated heterocycles. The highest BCUT2D eigenvalue weighted by Gasteiger charge is 2.19. The van der Waals surface area contributed by atoms with E-state index in [4.69, 9.17) is 15.3 Å². The molecule has 2 amide bonds. The number of hydrogen-bond acceptors (Lipinski definition) is 10. The molecule has 1 atom stereocenters. The zero-order valence-corrected chi connectivity index (χ0v) is 16.8. The van der Waals surface area contributed by atoms with Crippen LogP contribution in [0, 0.1) is 6.92 Å². The summed E-state index contributed by atoms with van der Waals surface area (Å²) in [5, 5.41) is 0.962. The van der Waals surface area contributed by atoms with Gasteiger partial charge in [0.1, 0.15) is 17.4 Å². The number of amides is 2. The van der Waals surface area contributed by atoms with Crippen LogP contribution in [0.3, 0.4) is 0 Å². The number of nitrogens with two attached hydrogens (primary N) is 2. The highest BCUT2D eigenvalue weighted by molar-refractivity contribution is 8.14. The first-order valence-corrected chi connectivity index (χ1v) is 8.94. The molecule has 0 aliphatic carbocycles. The Labute approximate surface area is 166 Å². The number of carbonyl (C=O) groups is 4. The SMILES string of the molecule is CC(=O)OCCC(SC(=O)NCc1cnc(C)nc1N)C(C)=O.NC(=O)[S-]. The number of aryl methyl sites for hydroxylation is 1. The Bertz CT molecular complexity index is 683. The molecule has 1 unspecified atom stereocenters. The largest absolute Gasteiger partial charge is 0.719 e. The molecule has 0 aliphatic heterocycles. The molecule has 27 heavy (non-hydrogen) atoms. The average Bonchev–Trinajstić information content (AvgIpc) is 2.52. The topological polar surface area (TPSA) is 167 Å². The van der Waals surface area contributed by atoms with Crippen LogP contribution in [-0.2, 0) is 33.5 Å². The normalized spacial score (nSPS) is 10.8. The van der Waals surface area contributed by atoms with Gasteiger partial charge in [0.15, 0.2) is 0 Å². The predicted molar refractivity (Wildman–Crippen MR) is 104 cm³/mol. The third-order valence-electron chi connectivity index (χ3n) is 2.83. The third-order valence-corrected chi connectivity index (χ3v) is 4.04. The maximum absolute atomic E-state index is 11.9. The zero-order valence-electron chi connectivity index (χ0n) is 15.2. The Morgan fingerprint density at radius 1 is 1.33 bits per heavy atom. The van der Waals surface area contributed by atoms with Crippen molar-refractivity contribution in [2.24, 2.45) is 5.73 Å². The van der Waals surface area contributed by atoms with Gasteiger partial charge in [0.25, 0.3) is 5.24 Å². The van der Waals surface area contributed by atoms with Crippen molar-refractivity contribution in [1.82, 2.24) is 15.3 Å². The number of Topliss-reactive ketones (excluding diaryl/α,β-unsaturated/α-hetero) is 1. The molecular formula is C15H22N5O5S2-. The van der Waals surface area contributed by atoms with Crippen molar-refractivity contribution < 1.29 is 23.9 Å². The number of primary amides is 1. The molecule has 1 aromatic rings. The van der Waals surface area contributed by atoms with Crippen molar-refractivity contribution in [2.45, 2.75) is 39.0 Å². The van der Waals surface area contributed by atoms with Gasteiger partial charge in [0.05, 0.1) is 17.1 Å². The van der Waals surface area contributed by atoms with Gasteiger partial charge in [-0.25, -0.2) is 9.97 Å². The van der Waals surface area contributed by atoms with Crippen LogP contribution in [0.1, 0.15) is 31.7 Å². The minimum Gasteiger partial charge on any atom is -0.719 e. The van der Waals surface area contributed by atoms with Gasteiger partial charge in [-0.3, -0.25) is 14.4 Å². The quantitative estimate of drug-likeness (QED) is 0.428. The molecule has 10 nitrogen and oxygen atoms in total. The number of aromatic nitrogens is 2. The number of ether oxygens (including phenoxy) is 1. The number of nitrogen functional groups attached to an aromatic ring is 1. The summed E-state index contributed by atoms with van der Waals surface area (Å²) in [6.45, 7) is 4.67. The maximum atomic E-state index is 11.9. The van der Waals surface area contributed by atoms with Crippen molar-refractivity contribution >= 4 is 52.4 Å². The average molecular weight is 417 g/mol. The van der Waals surface area contributed by atoms with Gasteiger partial charge in [-0.1, -0.05) is 11.8 Å². The van der Waals surface area contributed by atoms with E-state index in [9.17, 15) is 14.4 Å². The van der Waals surface area contributed by atoms with Gasteiger partial charge in [0.2, 0.25) is 0 Å². The fraction of sp³-hybridized carbons (Fsp3) is 0.467. The Hall–Kier alpha value is -2.47. The lowest BCUT2D eigenvalue weighted by Crippen LogP contribution is -2.25. The molecule has 150 valence electrons. The van der Waals surface area contributed by atoms with Crippen LogP contribution in [0.5, 0.6) is 0 Å². The van der Waals surface area contributed by atoms with Crippen molar-refractivity contribution in [2.75, 3.05) is 12.3 Å². The van der Waals surface area contributed by atoms with Crippen molar-refractivity contribution in [3.8, 4) is 0 Å². The highest BCUT2D eigenvalue weighted by atomic mass is 32.2. The molecular weight excluding hydrogens is 394 g/mol. The van der Waals surface area contributed by atoms with Crippen LogP contribution in [0.4, 0.5) is 15.4 Å². The van der Waals surface area contributed by atoms with Gasteiger partial charge in [-0.05, 0) is 13.8 Å². The summed E-state index contributed by atoms with van der Waals surface area (Å²) < 4.78 is 4.79. The summed E-state index contributed by atoms with van der Waals surface area (Å²) in [6.07, 6.45) is 1.83. The molecule has 0 radical (unpaired) electrons. The molecule has 0 aromatic carbocycles. The summed E-state index contributed by atoms with van der Waals surface area (Å²) in [6, 6.07) is 0. The van der Waals surface area contributed by atoms with Crippen molar-refractivity contribution in [3.63, 3.8) is 0 Å². The van der Waals surface area contributed by atoms with E-state index in [2.05, 4.69) is 33.6 Å². The number of thioether (sulfide) groups is 1. The number of nitrogens with one attached hydrogen (secondary N) is 1. The van der Waals surface area contributed by atoms with E-state index < -0.39 is 16.5 Å². The van der Waals surface area contributed by atoms with Crippen LogP contribution in [-0.4, -0.2) is 44.1 Å². The second-order valence-corrected chi connectivity index (χ2v) is 6.71. The van der Waals surface area contributed by atoms with Crippen molar-refractivity contribution in [1.29, 1.82) is 0 Å². The van der Waals surface area contributed by atoms with E-state index in [1.165, 1.54) is 13.8 Å². The van der Waals surface area contributed by atoms with Gasteiger partial charge in [-0.15, -0.1) is 0 Å². The maximum Gasteiger partial charge on any atom is 0.302 e. The smallest absolute Gasteiger partial charge is 0.302 e. The number of nitrogens with zero attached hydrogens (tertiary/aromatic N) is 2. The number of anilines is 1. The predicted octanol–water partition coefficient (Wildman–Crippen LogP) is 0.833. The Kier molecular flexibility index (Phi) is 11.6. The fourth-order valence-corrected chi connectivity index (χ4v) is 2.44. The lowest BCUT2D eigenvalue weighted by molar-refractivity contribution is -0.141. The summed E-state index contributed by atoms with van der Waals surface area (Å²) in [7, 11) is 0. The van der Waals surface area contributed by atoms with E-state index in [1.54, 1.807) is 13.1 Å². The molecule has 12 heteroatoms. The standard InChI is InChI=1S/C14H20N4O4S.CH3NOS/c1-8(19)12(4-5-22-10(3)20)23-14(21)17-7-11-6-16-9(2)18-13(11)15;2-1(3)4/h6,12H,4-5,7H2,1-3H3,(H,17,21)(H2,15,16,18);(H3,2,3,4)/p-1. The number of esters is 1. The number of carbonyl (C=O) groups excluding carboxylic acids is 4. The Morgan fingerprint density at radius 2 is 1.93 bits per heavy atom. The Morgan fingerprint density at radius 3 is 2.41 bits per heavy atom. The zero-order chi connectivity index (χ0) is 21.0. The minimum atomic E-state index is -0.750. The van der Waals surface area contributed by atoms with Crippen LogP contribution in [0.25, 0.3) is 0 Å². The first-order chi connectivity index (χ1) is 12.5. The summed E-state index contributed by atoms with van der Waals surface area (Å²) >= 11 is 4.62. The second-order valence-electron chi connectivity index (χ2n) is 5.13. The first-order valence-electron chi connectivity index (χ1n) is 7.65. The first kappa shape index (κ1) is 24.5. The Balaban J connectivity index is 0.00000153. The van der Waals surface area contributed by atoms with Crippen LogP contribution < -0.4 is 16.8 Å². The second kappa shape index (κ2) is 12.8. The molecule has 0 aliphatic rings.